The van der Waals surface area contributed by atoms with E-state index in [0.29, 0.717) is 0 Å². The summed E-state index contributed by atoms with van der Waals surface area (Å²) in [4.78, 5) is 21.8. The number of amides is 1. The number of hydrogen-bond donors (Lipinski definition) is 1. The van der Waals surface area contributed by atoms with Gasteiger partial charge in [0, 0.05) is 36.4 Å². The highest BCUT2D eigenvalue weighted by atomic mass is 35.5. The van der Waals surface area contributed by atoms with Gasteiger partial charge in [0.1, 0.15) is 0 Å². The Bertz CT molecular complexity index is 482. The zero-order valence-electron chi connectivity index (χ0n) is 10.1. The minimum atomic E-state index is -0.613. The Morgan fingerprint density at radius 2 is 2.21 bits per heavy atom. The lowest BCUT2D eigenvalue weighted by molar-refractivity contribution is -0.384. The quantitative estimate of drug-likeness (QED) is 0.496. The molecule has 0 bridgehead atoms. The van der Waals surface area contributed by atoms with Gasteiger partial charge in [-0.3, -0.25) is 14.9 Å². The average molecular weight is 307 g/mol. The number of alkyl halides is 1. The molecular weight excluding hydrogens is 295 g/mol. The minimum Gasteiger partial charge on any atom is -0.383 e. The van der Waals surface area contributed by atoms with Gasteiger partial charge in [0.05, 0.1) is 16.9 Å². The number of nitrogens with one attached hydrogen (secondary N) is 1. The van der Waals surface area contributed by atoms with Crippen LogP contribution in [0.2, 0.25) is 5.02 Å². The van der Waals surface area contributed by atoms with Crippen LogP contribution in [0.5, 0.6) is 0 Å². The van der Waals surface area contributed by atoms with Crippen molar-refractivity contribution in [2.75, 3.05) is 20.3 Å². The third-order valence-corrected chi connectivity index (χ3v) is 2.69. The van der Waals surface area contributed by atoms with E-state index in [-0.39, 0.29) is 34.8 Å². The molecule has 0 saturated heterocycles. The summed E-state index contributed by atoms with van der Waals surface area (Å²) < 4.78 is 4.82. The molecule has 6 nitrogen and oxygen atoms in total. The Hall–Kier alpha value is -1.37. The summed E-state index contributed by atoms with van der Waals surface area (Å²) in [5.41, 5.74) is -0.127. The lowest BCUT2D eigenvalue weighted by atomic mass is 10.2. The van der Waals surface area contributed by atoms with Crippen molar-refractivity contribution in [2.24, 2.45) is 0 Å². The molecule has 1 atom stereocenters. The van der Waals surface area contributed by atoms with Crippen molar-refractivity contribution >= 4 is 34.8 Å². The largest absolute Gasteiger partial charge is 0.383 e. The fourth-order valence-electron chi connectivity index (χ4n) is 1.36. The lowest BCUT2D eigenvalue weighted by Crippen LogP contribution is -2.31. The Morgan fingerprint density at radius 3 is 2.79 bits per heavy atom. The lowest BCUT2D eigenvalue weighted by Gasteiger charge is -2.10. The molecule has 0 aliphatic carbocycles. The first-order chi connectivity index (χ1) is 8.93. The van der Waals surface area contributed by atoms with Crippen molar-refractivity contribution in [3.05, 3.63) is 38.9 Å². The summed E-state index contributed by atoms with van der Waals surface area (Å²) in [6, 6.07) is 3.68. The molecule has 1 N–H and O–H groups in total. The van der Waals surface area contributed by atoms with Crippen LogP contribution in [0.4, 0.5) is 5.69 Å². The predicted molar refractivity (Wildman–Crippen MR) is 72.0 cm³/mol. The molecular formula is C11H12Cl2N2O4. The number of nitro groups is 1. The summed E-state index contributed by atoms with van der Waals surface area (Å²) in [6.45, 7) is 0.478. The van der Waals surface area contributed by atoms with Crippen molar-refractivity contribution < 1.29 is 14.5 Å². The number of non-ortho nitro benzene ring substituents is 1. The maximum Gasteiger partial charge on any atom is 0.271 e. The van der Waals surface area contributed by atoms with Crippen molar-refractivity contribution in [1.82, 2.24) is 5.32 Å². The first-order valence-corrected chi connectivity index (χ1v) is 6.11. The van der Waals surface area contributed by atoms with E-state index >= 15 is 0 Å². The average Bonchev–Trinajstić information content (AvgIpc) is 2.35. The van der Waals surface area contributed by atoms with E-state index in [4.69, 9.17) is 27.9 Å². The van der Waals surface area contributed by atoms with Gasteiger partial charge in [-0.1, -0.05) is 11.6 Å². The minimum absolute atomic E-state index is 0.112. The highest BCUT2D eigenvalue weighted by Gasteiger charge is 2.14. The van der Waals surface area contributed by atoms with Gasteiger partial charge in [0.2, 0.25) is 0 Å². The van der Waals surface area contributed by atoms with E-state index in [0.717, 1.165) is 6.07 Å². The van der Waals surface area contributed by atoms with Crippen molar-refractivity contribution in [3.8, 4) is 0 Å². The molecule has 1 aromatic carbocycles. The first kappa shape index (κ1) is 15.7. The highest BCUT2D eigenvalue weighted by molar-refractivity contribution is 6.31. The molecule has 104 valence electrons. The predicted octanol–water partition coefficient (Wildman–Crippen LogP) is 2.23. The number of methoxy groups -OCH3 is 1. The van der Waals surface area contributed by atoms with E-state index in [9.17, 15) is 14.9 Å². The molecule has 0 spiro atoms. The van der Waals surface area contributed by atoms with Crippen molar-refractivity contribution in [1.29, 1.82) is 0 Å². The van der Waals surface area contributed by atoms with E-state index in [1.165, 1.54) is 19.2 Å². The van der Waals surface area contributed by atoms with E-state index in [1.54, 1.807) is 0 Å². The van der Waals surface area contributed by atoms with Crippen molar-refractivity contribution in [3.63, 3.8) is 0 Å². The van der Waals surface area contributed by atoms with Crippen LogP contribution in [-0.2, 0) is 4.74 Å². The number of carbonyl (C=O) groups excluding carboxylic acids is 1. The van der Waals surface area contributed by atoms with Crippen molar-refractivity contribution in [2.45, 2.75) is 5.38 Å². The number of benzene rings is 1. The Kier molecular flexibility index (Phi) is 6.01. The smallest absolute Gasteiger partial charge is 0.271 e. The fraction of sp³-hybridized carbons (Fsp3) is 0.364. The summed E-state index contributed by atoms with van der Waals surface area (Å²) in [6.07, 6.45) is 0. The normalized spacial score (nSPS) is 11.9. The number of hydrogen-bond acceptors (Lipinski definition) is 4. The summed E-state index contributed by atoms with van der Waals surface area (Å²) in [5.74, 6) is -0.479. The van der Waals surface area contributed by atoms with Gasteiger partial charge in [0.25, 0.3) is 11.6 Å². The molecule has 0 aliphatic rings. The highest BCUT2D eigenvalue weighted by Crippen LogP contribution is 2.20. The molecule has 0 radical (unpaired) electrons. The molecule has 0 fully saturated rings. The van der Waals surface area contributed by atoms with Gasteiger partial charge in [-0.2, -0.15) is 0 Å². The standard InChI is InChI=1S/C11H12Cl2N2O4/c1-19-6-9(13)5-14-11(16)7-2-8(12)4-10(3-7)15(17)18/h2-4,9H,5-6H2,1H3,(H,14,16). The SMILES string of the molecule is COCC(Cl)CNC(=O)c1cc(Cl)cc([N+](=O)[O-])c1. The van der Waals surface area contributed by atoms with Crippen LogP contribution >= 0.6 is 23.2 Å². The summed E-state index contributed by atoms with van der Waals surface area (Å²) >= 11 is 11.6. The number of carbonyl (C=O) groups is 1. The van der Waals surface area contributed by atoms with Crippen LogP contribution in [0.15, 0.2) is 18.2 Å². The van der Waals surface area contributed by atoms with Crippen LogP contribution < -0.4 is 5.32 Å². The van der Waals surface area contributed by atoms with E-state index in [2.05, 4.69) is 5.32 Å². The molecule has 0 saturated carbocycles. The van der Waals surface area contributed by atoms with Crippen LogP contribution in [0, 0.1) is 10.1 Å². The second kappa shape index (κ2) is 7.28. The Morgan fingerprint density at radius 1 is 1.53 bits per heavy atom. The molecule has 1 aromatic rings. The van der Waals surface area contributed by atoms with Crippen LogP contribution in [0.3, 0.4) is 0 Å². The molecule has 1 amide bonds. The number of rotatable bonds is 6. The molecule has 0 aliphatic heterocycles. The number of halogens is 2. The van der Waals surface area contributed by atoms with Crippen LogP contribution in [0.1, 0.15) is 10.4 Å². The fourth-order valence-corrected chi connectivity index (χ4v) is 1.79. The first-order valence-electron chi connectivity index (χ1n) is 5.30. The summed E-state index contributed by atoms with van der Waals surface area (Å²) in [5, 5.41) is 13.0. The molecule has 8 heteroatoms. The van der Waals surface area contributed by atoms with E-state index in [1.807, 2.05) is 0 Å². The molecule has 0 aromatic heterocycles. The number of nitro benzene ring substituents is 1. The van der Waals surface area contributed by atoms with Crippen LogP contribution in [0.25, 0.3) is 0 Å². The number of ether oxygens (including phenoxy) is 1. The molecule has 1 unspecified atom stereocenters. The maximum atomic E-state index is 11.8. The Balaban J connectivity index is 2.74. The third-order valence-electron chi connectivity index (χ3n) is 2.19. The summed E-state index contributed by atoms with van der Waals surface area (Å²) in [7, 11) is 1.50. The Labute approximate surface area is 119 Å². The van der Waals surface area contributed by atoms with Gasteiger partial charge in [-0.15, -0.1) is 11.6 Å². The topological polar surface area (TPSA) is 81.5 Å². The van der Waals surface area contributed by atoms with Gasteiger partial charge < -0.3 is 10.1 Å². The molecule has 19 heavy (non-hydrogen) atoms. The van der Waals surface area contributed by atoms with Crippen LogP contribution in [-0.4, -0.2) is 36.5 Å². The number of nitrogens with zero attached hydrogens (tertiary/aromatic N) is 1. The monoisotopic (exact) mass is 306 g/mol. The molecule has 0 heterocycles. The zero-order chi connectivity index (χ0) is 14.4. The third kappa shape index (κ3) is 5.02. The zero-order valence-corrected chi connectivity index (χ0v) is 11.6. The second-order valence-corrected chi connectivity index (χ2v) is 4.77. The van der Waals surface area contributed by atoms with Gasteiger partial charge in [-0.25, -0.2) is 0 Å². The van der Waals surface area contributed by atoms with E-state index < -0.39 is 10.8 Å². The van der Waals surface area contributed by atoms with Gasteiger partial charge in [-0.05, 0) is 6.07 Å². The second-order valence-electron chi connectivity index (χ2n) is 3.72. The molecule has 1 rings (SSSR count). The maximum absolute atomic E-state index is 11.8. The van der Waals surface area contributed by atoms with Gasteiger partial charge in [0.15, 0.2) is 0 Å². The van der Waals surface area contributed by atoms with Gasteiger partial charge >= 0.3 is 0 Å².